The van der Waals surface area contributed by atoms with Gasteiger partial charge in [0.15, 0.2) is 0 Å². The first kappa shape index (κ1) is 24.6. The average molecular weight is 479 g/mol. The van der Waals surface area contributed by atoms with Gasteiger partial charge in [-0.25, -0.2) is 9.48 Å². The van der Waals surface area contributed by atoms with Crippen LogP contribution in [0.25, 0.3) is 0 Å². The number of hydrogen-bond acceptors (Lipinski definition) is 5. The third-order valence-corrected chi connectivity index (χ3v) is 6.95. The van der Waals surface area contributed by atoms with Crippen molar-refractivity contribution >= 4 is 5.91 Å². The third kappa shape index (κ3) is 5.96. The van der Waals surface area contributed by atoms with Crippen molar-refractivity contribution in [2.24, 2.45) is 0 Å². The molecule has 0 N–H and O–H groups in total. The largest absolute Gasteiger partial charge is 0.341 e. The Morgan fingerprint density at radius 2 is 1.83 bits per heavy atom. The minimum Gasteiger partial charge on any atom is -0.341 e. The quantitative estimate of drug-likeness (QED) is 0.471. The molecule has 4 rings (SSSR count). The predicted octanol–water partition coefficient (Wildman–Crippen LogP) is 2.63. The van der Waals surface area contributed by atoms with Gasteiger partial charge in [0.2, 0.25) is 5.91 Å². The average Bonchev–Trinajstić information content (AvgIpc) is 3.36. The van der Waals surface area contributed by atoms with Gasteiger partial charge in [0.1, 0.15) is 6.54 Å². The summed E-state index contributed by atoms with van der Waals surface area (Å²) < 4.78 is 4.46. The first-order valence-electron chi connectivity index (χ1n) is 12.5. The molecular weight excluding hydrogens is 444 g/mol. The zero-order valence-corrected chi connectivity index (χ0v) is 20.5. The number of unbranched alkanes of at least 4 members (excludes halogenated alkanes) is 1. The predicted molar refractivity (Wildman–Crippen MR) is 133 cm³/mol. The molecule has 0 radical (unpaired) electrons. The normalized spacial score (nSPS) is 17.9. The van der Waals surface area contributed by atoms with Crippen LogP contribution in [0.4, 0.5) is 0 Å². The van der Waals surface area contributed by atoms with E-state index in [9.17, 15) is 14.4 Å². The van der Waals surface area contributed by atoms with Crippen LogP contribution < -0.4 is 11.2 Å². The first-order chi connectivity index (χ1) is 17.0. The van der Waals surface area contributed by atoms with E-state index in [2.05, 4.69) is 23.4 Å². The van der Waals surface area contributed by atoms with E-state index < -0.39 is 11.2 Å². The molecule has 0 saturated heterocycles. The zero-order valence-electron chi connectivity index (χ0n) is 20.5. The molecule has 1 amide bonds. The lowest BCUT2D eigenvalue weighted by atomic mass is 9.90. The van der Waals surface area contributed by atoms with Crippen LogP contribution in [0.3, 0.4) is 0 Å². The fourth-order valence-corrected chi connectivity index (χ4v) is 4.73. The number of carbonyl (C=O) groups excluding carboxylic acids is 1. The van der Waals surface area contributed by atoms with Gasteiger partial charge >= 0.3 is 5.69 Å². The maximum atomic E-state index is 13.0. The number of nitrogens with zero attached hydrogens (tertiary/aromatic N) is 6. The van der Waals surface area contributed by atoms with Gasteiger partial charge in [-0.15, -0.1) is 5.10 Å². The van der Waals surface area contributed by atoms with Crippen molar-refractivity contribution < 1.29 is 4.79 Å². The molecule has 2 heterocycles. The number of amides is 1. The first-order valence-corrected chi connectivity index (χ1v) is 12.5. The Bertz CT molecular complexity index is 1240. The summed E-state index contributed by atoms with van der Waals surface area (Å²) >= 11 is 0. The van der Waals surface area contributed by atoms with Crippen LogP contribution in [0, 0.1) is 0 Å². The Morgan fingerprint density at radius 3 is 2.54 bits per heavy atom. The lowest BCUT2D eigenvalue weighted by molar-refractivity contribution is -0.133. The van der Waals surface area contributed by atoms with Gasteiger partial charge in [0, 0.05) is 31.5 Å². The molecule has 2 aromatic heterocycles. The Balaban J connectivity index is 1.36. The van der Waals surface area contributed by atoms with E-state index >= 15 is 0 Å². The van der Waals surface area contributed by atoms with E-state index in [1.54, 1.807) is 11.9 Å². The highest BCUT2D eigenvalue weighted by Crippen LogP contribution is 2.30. The summed E-state index contributed by atoms with van der Waals surface area (Å²) in [5.74, 6) is -0.229. The summed E-state index contributed by atoms with van der Waals surface area (Å²) in [5, 5.41) is 8.61. The molecule has 1 fully saturated rings. The highest BCUT2D eigenvalue weighted by atomic mass is 16.2. The molecule has 186 valence electrons. The van der Waals surface area contributed by atoms with E-state index in [0.29, 0.717) is 12.6 Å². The summed E-state index contributed by atoms with van der Waals surface area (Å²) in [6, 6.07) is 11.3. The van der Waals surface area contributed by atoms with E-state index in [1.807, 2.05) is 35.0 Å². The number of rotatable bonds is 9. The lowest BCUT2D eigenvalue weighted by Gasteiger charge is -2.34. The molecule has 9 heteroatoms. The van der Waals surface area contributed by atoms with Crippen LogP contribution in [0.1, 0.15) is 62.7 Å². The van der Waals surface area contributed by atoms with Gasteiger partial charge < -0.3 is 4.90 Å². The number of hydrogen-bond donors (Lipinski definition) is 0. The zero-order chi connectivity index (χ0) is 24.8. The standard InChI is InChI=1S/C26H34N6O3/c1-3-4-10-21-18-32(28-27-21)23-13-11-22(12-14-23)29(2)25(34)19-31-24(33)15-16-30(26(31)35)17-20-8-6-5-7-9-20/h5-9,15-16,18,22-23H,3-4,10-14,17,19H2,1-2H3. The van der Waals surface area contributed by atoms with Gasteiger partial charge in [-0.3, -0.25) is 18.7 Å². The highest BCUT2D eigenvalue weighted by molar-refractivity contribution is 5.76. The fourth-order valence-electron chi connectivity index (χ4n) is 4.73. The van der Waals surface area contributed by atoms with Crippen molar-refractivity contribution in [2.75, 3.05) is 7.05 Å². The van der Waals surface area contributed by atoms with Crippen molar-refractivity contribution in [1.29, 1.82) is 0 Å². The molecule has 0 unspecified atom stereocenters. The van der Waals surface area contributed by atoms with Crippen molar-refractivity contribution in [3.8, 4) is 0 Å². The van der Waals surface area contributed by atoms with Crippen LogP contribution in [-0.2, 0) is 24.3 Å². The second-order valence-electron chi connectivity index (χ2n) is 9.40. The van der Waals surface area contributed by atoms with Gasteiger partial charge in [-0.2, -0.15) is 0 Å². The second-order valence-corrected chi connectivity index (χ2v) is 9.40. The van der Waals surface area contributed by atoms with E-state index in [4.69, 9.17) is 0 Å². The summed E-state index contributed by atoms with van der Waals surface area (Å²) in [6.45, 7) is 2.25. The van der Waals surface area contributed by atoms with Crippen molar-refractivity contribution in [3.05, 3.63) is 80.9 Å². The maximum absolute atomic E-state index is 13.0. The molecule has 3 aromatic rings. The second kappa shape index (κ2) is 11.3. The molecular formula is C26H34N6O3. The monoisotopic (exact) mass is 478 g/mol. The smallest absolute Gasteiger partial charge is 0.331 e. The van der Waals surface area contributed by atoms with Gasteiger partial charge in [-0.1, -0.05) is 48.9 Å². The van der Waals surface area contributed by atoms with Gasteiger partial charge in [0.05, 0.1) is 18.3 Å². The topological polar surface area (TPSA) is 95.0 Å². The SMILES string of the molecule is CCCCc1cn(C2CCC(N(C)C(=O)Cn3c(=O)ccn(Cc4ccccc4)c3=O)CC2)nn1. The van der Waals surface area contributed by atoms with Crippen LogP contribution in [0.15, 0.2) is 58.4 Å². The van der Waals surface area contributed by atoms with Crippen LogP contribution in [0.2, 0.25) is 0 Å². The molecule has 1 aromatic carbocycles. The van der Waals surface area contributed by atoms with Crippen molar-refractivity contribution in [3.63, 3.8) is 0 Å². The fraction of sp³-hybridized carbons (Fsp3) is 0.500. The summed E-state index contributed by atoms with van der Waals surface area (Å²) in [5.41, 5.74) is 1.05. The van der Waals surface area contributed by atoms with E-state index in [1.165, 1.54) is 16.8 Å². The molecule has 1 saturated carbocycles. The van der Waals surface area contributed by atoms with Crippen LogP contribution >= 0.6 is 0 Å². The Morgan fingerprint density at radius 1 is 1.09 bits per heavy atom. The Hall–Kier alpha value is -3.49. The number of likely N-dealkylation sites (N-methyl/N-ethyl adjacent to an activating group) is 1. The highest BCUT2D eigenvalue weighted by Gasteiger charge is 2.28. The molecule has 0 atom stereocenters. The summed E-state index contributed by atoms with van der Waals surface area (Å²) in [4.78, 5) is 40.1. The van der Waals surface area contributed by atoms with Crippen LogP contribution in [-0.4, -0.2) is 48.0 Å². The number of carbonyl (C=O) groups is 1. The maximum Gasteiger partial charge on any atom is 0.331 e. The number of aromatic nitrogens is 5. The number of aryl methyl sites for hydroxylation is 1. The van der Waals surface area contributed by atoms with Crippen LogP contribution in [0.5, 0.6) is 0 Å². The molecule has 0 spiro atoms. The van der Waals surface area contributed by atoms with Crippen molar-refractivity contribution in [1.82, 2.24) is 29.0 Å². The minimum absolute atomic E-state index is 0.0767. The molecule has 0 aliphatic heterocycles. The Labute approximate surface area is 205 Å². The Kier molecular flexibility index (Phi) is 7.94. The number of benzene rings is 1. The van der Waals surface area contributed by atoms with Crippen molar-refractivity contribution in [2.45, 2.75) is 77.0 Å². The van der Waals surface area contributed by atoms with Gasteiger partial charge in [0.25, 0.3) is 5.56 Å². The molecule has 9 nitrogen and oxygen atoms in total. The molecule has 35 heavy (non-hydrogen) atoms. The molecule has 1 aliphatic carbocycles. The van der Waals surface area contributed by atoms with Gasteiger partial charge in [-0.05, 0) is 44.1 Å². The minimum atomic E-state index is -0.475. The van der Waals surface area contributed by atoms with E-state index in [0.717, 1.165) is 60.8 Å². The summed E-state index contributed by atoms with van der Waals surface area (Å²) in [7, 11) is 1.77. The third-order valence-electron chi connectivity index (χ3n) is 6.95. The lowest BCUT2D eigenvalue weighted by Crippen LogP contribution is -2.46. The summed E-state index contributed by atoms with van der Waals surface area (Å²) in [6.07, 6.45) is 10.3. The van der Waals surface area contributed by atoms with E-state index in [-0.39, 0.29) is 18.5 Å². The molecule has 1 aliphatic rings. The molecule has 0 bridgehead atoms.